The number of halogens is 2. The first-order valence-corrected chi connectivity index (χ1v) is 8.24. The van der Waals surface area contributed by atoms with Gasteiger partial charge in [-0.15, -0.1) is 0 Å². The zero-order chi connectivity index (χ0) is 13.0. The molecule has 1 aliphatic carbocycles. The monoisotopic (exact) mass is 350 g/mol. The van der Waals surface area contributed by atoms with E-state index < -0.39 is 0 Å². The van der Waals surface area contributed by atoms with Gasteiger partial charge in [-0.2, -0.15) is 11.8 Å². The number of rotatable bonds is 5. The van der Waals surface area contributed by atoms with Crippen LogP contribution in [0, 0.1) is 0 Å². The average molecular weight is 352 g/mol. The smallest absolute Gasteiger partial charge is 0.147 e. The van der Waals surface area contributed by atoms with Crippen LogP contribution in [-0.2, 0) is 17.1 Å². The molecule has 1 aromatic rings. The van der Waals surface area contributed by atoms with Crippen LogP contribution < -0.4 is 0 Å². The third-order valence-electron chi connectivity index (χ3n) is 2.96. The van der Waals surface area contributed by atoms with Crippen LogP contribution in [0.25, 0.3) is 0 Å². The fourth-order valence-electron chi connectivity index (χ4n) is 2.06. The van der Waals surface area contributed by atoms with Gasteiger partial charge in [0, 0.05) is 12.4 Å². The van der Waals surface area contributed by atoms with Gasteiger partial charge in [-0.3, -0.25) is 0 Å². The van der Waals surface area contributed by atoms with E-state index in [4.69, 9.17) is 16.3 Å². The second-order valence-electron chi connectivity index (χ2n) is 4.34. The minimum Gasteiger partial charge on any atom is -0.378 e. The number of aromatic nitrogens is 2. The van der Waals surface area contributed by atoms with Gasteiger partial charge in [0.25, 0.3) is 0 Å². The second-order valence-corrected chi connectivity index (χ2v) is 6.78. The van der Waals surface area contributed by atoms with Crippen molar-refractivity contribution in [3.63, 3.8) is 0 Å². The Hall–Kier alpha value is 0.160. The van der Waals surface area contributed by atoms with Crippen LogP contribution in [0.15, 0.2) is 4.47 Å². The summed E-state index contributed by atoms with van der Waals surface area (Å²) in [7, 11) is 1.65. The van der Waals surface area contributed by atoms with Crippen molar-refractivity contribution in [2.45, 2.75) is 43.3 Å². The van der Waals surface area contributed by atoms with Crippen LogP contribution in [0.1, 0.15) is 37.2 Å². The summed E-state index contributed by atoms with van der Waals surface area (Å²) in [6.07, 6.45) is 5.35. The van der Waals surface area contributed by atoms with Gasteiger partial charge in [0.1, 0.15) is 11.0 Å². The number of methoxy groups -OCH3 is 1. The van der Waals surface area contributed by atoms with Crippen molar-refractivity contribution in [2.24, 2.45) is 0 Å². The molecule has 1 aromatic heterocycles. The van der Waals surface area contributed by atoms with Gasteiger partial charge in [-0.25, -0.2) is 9.97 Å². The molecule has 0 aromatic carbocycles. The third kappa shape index (κ3) is 3.83. The van der Waals surface area contributed by atoms with Gasteiger partial charge in [0.05, 0.1) is 22.5 Å². The molecule has 1 aliphatic rings. The van der Waals surface area contributed by atoms with Crippen molar-refractivity contribution < 1.29 is 4.74 Å². The number of hydrogen-bond donors (Lipinski definition) is 0. The third-order valence-corrected chi connectivity index (χ3v) is 5.66. The first-order valence-electron chi connectivity index (χ1n) is 6.02. The second kappa shape index (κ2) is 7.08. The van der Waals surface area contributed by atoms with Crippen LogP contribution in [0.4, 0.5) is 0 Å². The largest absolute Gasteiger partial charge is 0.378 e. The van der Waals surface area contributed by atoms with Crippen molar-refractivity contribution in [3.8, 4) is 0 Å². The van der Waals surface area contributed by atoms with E-state index in [1.54, 1.807) is 7.11 Å². The van der Waals surface area contributed by atoms with Crippen molar-refractivity contribution in [1.29, 1.82) is 0 Å². The zero-order valence-electron chi connectivity index (χ0n) is 10.3. The normalized spacial score (nSPS) is 16.4. The molecule has 0 unspecified atom stereocenters. The molecule has 18 heavy (non-hydrogen) atoms. The SMILES string of the molecule is COCc1nc(CSC2CCCC2)nc(Cl)c1Br. The Balaban J connectivity index is 2.02. The summed E-state index contributed by atoms with van der Waals surface area (Å²) in [6.45, 7) is 0.448. The minimum atomic E-state index is 0.448. The summed E-state index contributed by atoms with van der Waals surface area (Å²) in [4.78, 5) is 8.80. The molecule has 100 valence electrons. The molecule has 3 nitrogen and oxygen atoms in total. The van der Waals surface area contributed by atoms with Crippen LogP contribution in [-0.4, -0.2) is 22.3 Å². The van der Waals surface area contributed by atoms with Gasteiger partial charge in [0.15, 0.2) is 0 Å². The van der Waals surface area contributed by atoms with Gasteiger partial charge in [-0.05, 0) is 28.8 Å². The first-order chi connectivity index (χ1) is 8.70. The summed E-state index contributed by atoms with van der Waals surface area (Å²) in [5.74, 6) is 1.63. The molecule has 0 atom stereocenters. The number of hydrogen-bond acceptors (Lipinski definition) is 4. The lowest BCUT2D eigenvalue weighted by atomic mass is 10.4. The predicted octanol–water partition coefficient (Wildman–Crippen LogP) is 4.21. The van der Waals surface area contributed by atoms with Crippen LogP contribution in [0.3, 0.4) is 0 Å². The summed E-state index contributed by atoms with van der Waals surface area (Å²) in [5.41, 5.74) is 0.819. The highest BCUT2D eigenvalue weighted by molar-refractivity contribution is 9.10. The molecular weight excluding hydrogens is 336 g/mol. The lowest BCUT2D eigenvalue weighted by molar-refractivity contribution is 0.180. The van der Waals surface area contributed by atoms with Gasteiger partial charge in [0.2, 0.25) is 0 Å². The van der Waals surface area contributed by atoms with Crippen molar-refractivity contribution in [1.82, 2.24) is 9.97 Å². The Labute approximate surface area is 125 Å². The quantitative estimate of drug-likeness (QED) is 0.744. The van der Waals surface area contributed by atoms with Crippen LogP contribution in [0.5, 0.6) is 0 Å². The molecule has 1 saturated carbocycles. The Morgan fingerprint density at radius 1 is 1.39 bits per heavy atom. The molecule has 0 saturated heterocycles. The van der Waals surface area contributed by atoms with Crippen molar-refractivity contribution in [2.75, 3.05) is 7.11 Å². The van der Waals surface area contributed by atoms with E-state index in [0.717, 1.165) is 27.0 Å². The van der Waals surface area contributed by atoms with Gasteiger partial charge in [-0.1, -0.05) is 24.4 Å². The Morgan fingerprint density at radius 3 is 2.78 bits per heavy atom. The van der Waals surface area contributed by atoms with E-state index in [0.29, 0.717) is 11.8 Å². The Kier molecular flexibility index (Phi) is 5.73. The van der Waals surface area contributed by atoms with Crippen LogP contribution >= 0.6 is 39.3 Å². The molecule has 6 heteroatoms. The number of ether oxygens (including phenoxy) is 1. The van der Waals surface area contributed by atoms with E-state index in [2.05, 4.69) is 25.9 Å². The summed E-state index contributed by atoms with van der Waals surface area (Å²) >= 11 is 11.4. The van der Waals surface area contributed by atoms with E-state index in [1.807, 2.05) is 11.8 Å². The summed E-state index contributed by atoms with van der Waals surface area (Å²) in [6, 6.07) is 0. The highest BCUT2D eigenvalue weighted by Crippen LogP contribution is 2.32. The maximum Gasteiger partial charge on any atom is 0.147 e. The lowest BCUT2D eigenvalue weighted by Gasteiger charge is -2.10. The molecule has 0 spiro atoms. The van der Waals surface area contributed by atoms with E-state index in [9.17, 15) is 0 Å². The predicted molar refractivity (Wildman–Crippen MR) is 79.0 cm³/mol. The molecule has 0 N–H and O–H groups in total. The molecule has 0 bridgehead atoms. The van der Waals surface area contributed by atoms with E-state index in [1.165, 1.54) is 25.7 Å². The minimum absolute atomic E-state index is 0.448. The topological polar surface area (TPSA) is 35.0 Å². The maximum atomic E-state index is 6.09. The molecule has 0 aliphatic heterocycles. The molecular formula is C12H16BrClN2OS. The molecule has 1 heterocycles. The Bertz CT molecular complexity index is 413. The average Bonchev–Trinajstić information content (AvgIpc) is 2.86. The summed E-state index contributed by atoms with van der Waals surface area (Å²) < 4.78 is 5.85. The molecule has 2 rings (SSSR count). The lowest BCUT2D eigenvalue weighted by Crippen LogP contribution is -2.04. The van der Waals surface area contributed by atoms with E-state index in [-0.39, 0.29) is 0 Å². The fraction of sp³-hybridized carbons (Fsp3) is 0.667. The highest BCUT2D eigenvalue weighted by atomic mass is 79.9. The van der Waals surface area contributed by atoms with Gasteiger partial charge >= 0.3 is 0 Å². The zero-order valence-corrected chi connectivity index (χ0v) is 13.4. The molecule has 0 radical (unpaired) electrons. The first kappa shape index (κ1) is 14.6. The summed E-state index contributed by atoms with van der Waals surface area (Å²) in [5, 5.41) is 1.24. The van der Waals surface area contributed by atoms with Crippen molar-refractivity contribution in [3.05, 3.63) is 21.1 Å². The standard InChI is InChI=1S/C12H16BrClN2OS/c1-17-6-9-11(13)12(14)16-10(15-9)7-18-8-4-2-3-5-8/h8H,2-7H2,1H3. The fourth-order valence-corrected chi connectivity index (χ4v) is 3.73. The van der Waals surface area contributed by atoms with Crippen LogP contribution in [0.2, 0.25) is 5.15 Å². The van der Waals surface area contributed by atoms with Gasteiger partial charge < -0.3 is 4.74 Å². The number of nitrogens with zero attached hydrogens (tertiary/aromatic N) is 2. The molecule has 0 amide bonds. The Morgan fingerprint density at radius 2 is 2.11 bits per heavy atom. The highest BCUT2D eigenvalue weighted by Gasteiger charge is 2.17. The number of thioether (sulfide) groups is 1. The van der Waals surface area contributed by atoms with Crippen molar-refractivity contribution >= 4 is 39.3 Å². The maximum absolute atomic E-state index is 6.09. The van der Waals surface area contributed by atoms with E-state index >= 15 is 0 Å². The molecule has 1 fully saturated rings.